The van der Waals surface area contributed by atoms with Crippen molar-refractivity contribution in [1.29, 1.82) is 0 Å². The lowest BCUT2D eigenvalue weighted by Crippen LogP contribution is -2.36. The third-order valence-corrected chi connectivity index (χ3v) is 2.11. The van der Waals surface area contributed by atoms with Gasteiger partial charge in [-0.1, -0.05) is 19.6 Å². The second-order valence-corrected chi connectivity index (χ2v) is 8.81. The standard InChI is InChI=1S/C5H15NOSi/c1-6(7)5-8(2,3)4/h7H,5H2,1-4H3. The fourth-order valence-corrected chi connectivity index (χ4v) is 2.06. The summed E-state index contributed by atoms with van der Waals surface area (Å²) in [6.45, 7) is 6.67. The molecule has 0 aromatic heterocycles. The zero-order valence-corrected chi connectivity index (χ0v) is 7.10. The van der Waals surface area contributed by atoms with Crippen molar-refractivity contribution in [1.82, 2.24) is 5.06 Å². The highest BCUT2D eigenvalue weighted by molar-refractivity contribution is 6.76. The van der Waals surface area contributed by atoms with E-state index in [0.717, 1.165) is 6.17 Å². The summed E-state index contributed by atoms with van der Waals surface area (Å²) in [6, 6.07) is 0. The molecule has 0 heterocycles. The van der Waals surface area contributed by atoms with Gasteiger partial charge in [-0.2, -0.15) is 5.06 Å². The zero-order valence-electron chi connectivity index (χ0n) is 6.10. The summed E-state index contributed by atoms with van der Waals surface area (Å²) >= 11 is 0. The van der Waals surface area contributed by atoms with Crippen LogP contribution in [0.1, 0.15) is 0 Å². The molecule has 0 fully saturated rings. The lowest BCUT2D eigenvalue weighted by Gasteiger charge is -2.18. The Labute approximate surface area is 52.1 Å². The average Bonchev–Trinajstić information content (AvgIpc) is 1.21. The monoisotopic (exact) mass is 133 g/mol. The topological polar surface area (TPSA) is 23.5 Å². The van der Waals surface area contributed by atoms with Crippen LogP contribution in [0.25, 0.3) is 0 Å². The first kappa shape index (κ1) is 8.14. The van der Waals surface area contributed by atoms with Crippen LogP contribution in [0.5, 0.6) is 0 Å². The molecule has 2 nitrogen and oxygen atoms in total. The molecule has 50 valence electrons. The summed E-state index contributed by atoms with van der Waals surface area (Å²) in [4.78, 5) is 0. The Bertz CT molecular complexity index is 67.3. The predicted octanol–water partition coefficient (Wildman–Crippen LogP) is 1.18. The van der Waals surface area contributed by atoms with Crippen LogP contribution in [-0.2, 0) is 0 Å². The van der Waals surface area contributed by atoms with E-state index in [1.54, 1.807) is 7.05 Å². The van der Waals surface area contributed by atoms with E-state index < -0.39 is 8.07 Å². The van der Waals surface area contributed by atoms with Gasteiger partial charge in [-0.05, 0) is 0 Å². The van der Waals surface area contributed by atoms with E-state index in [1.807, 2.05) is 0 Å². The smallest absolute Gasteiger partial charge is 0.0630 e. The first-order chi connectivity index (χ1) is 3.42. The first-order valence-corrected chi connectivity index (χ1v) is 6.52. The Kier molecular flexibility index (Phi) is 2.66. The van der Waals surface area contributed by atoms with Crippen LogP contribution in [0.4, 0.5) is 0 Å². The summed E-state index contributed by atoms with van der Waals surface area (Å²) in [5.74, 6) is 0. The van der Waals surface area contributed by atoms with Gasteiger partial charge >= 0.3 is 0 Å². The van der Waals surface area contributed by atoms with Gasteiger partial charge < -0.3 is 5.21 Å². The summed E-state index contributed by atoms with van der Waals surface area (Å²) in [5, 5.41) is 10.0. The molecule has 0 aliphatic carbocycles. The second-order valence-electron chi connectivity index (χ2n) is 3.38. The largest absolute Gasteiger partial charge is 0.315 e. The number of rotatable bonds is 2. The van der Waals surface area contributed by atoms with E-state index in [0.29, 0.717) is 0 Å². The molecule has 0 atom stereocenters. The lowest BCUT2D eigenvalue weighted by atomic mass is 11.2. The van der Waals surface area contributed by atoms with Gasteiger partial charge in [-0.15, -0.1) is 0 Å². The van der Waals surface area contributed by atoms with Crippen LogP contribution in [0.15, 0.2) is 0 Å². The molecule has 0 bridgehead atoms. The molecular weight excluding hydrogens is 118 g/mol. The highest BCUT2D eigenvalue weighted by atomic mass is 28.3. The molecule has 0 spiro atoms. The molecule has 3 heteroatoms. The van der Waals surface area contributed by atoms with Crippen molar-refractivity contribution < 1.29 is 5.21 Å². The van der Waals surface area contributed by atoms with Crippen LogP contribution in [0.2, 0.25) is 19.6 Å². The maximum atomic E-state index is 8.76. The van der Waals surface area contributed by atoms with Gasteiger partial charge in [0.25, 0.3) is 0 Å². The summed E-state index contributed by atoms with van der Waals surface area (Å²) in [5.41, 5.74) is 0. The Morgan fingerprint density at radius 2 is 1.75 bits per heavy atom. The van der Waals surface area contributed by atoms with Crippen molar-refractivity contribution in [2.24, 2.45) is 0 Å². The van der Waals surface area contributed by atoms with Crippen molar-refractivity contribution in [3.63, 3.8) is 0 Å². The van der Waals surface area contributed by atoms with Gasteiger partial charge in [0.2, 0.25) is 0 Å². The number of hydrogen-bond acceptors (Lipinski definition) is 2. The third kappa shape index (κ3) is 6.14. The molecule has 0 rings (SSSR count). The molecule has 0 aromatic carbocycles. The number of nitrogens with zero attached hydrogens (tertiary/aromatic N) is 1. The van der Waals surface area contributed by atoms with E-state index in [-0.39, 0.29) is 0 Å². The van der Waals surface area contributed by atoms with E-state index in [9.17, 15) is 0 Å². The van der Waals surface area contributed by atoms with Gasteiger partial charge in [0.1, 0.15) is 0 Å². The second kappa shape index (κ2) is 2.62. The summed E-state index contributed by atoms with van der Waals surface area (Å²) < 4.78 is 0. The van der Waals surface area contributed by atoms with Gasteiger partial charge in [0.05, 0.1) is 8.07 Å². The fourth-order valence-electron chi connectivity index (χ4n) is 0.686. The Hall–Kier alpha value is 0.137. The van der Waals surface area contributed by atoms with Crippen molar-refractivity contribution in [2.45, 2.75) is 19.6 Å². The molecule has 0 aliphatic heterocycles. The van der Waals surface area contributed by atoms with Gasteiger partial charge in [0, 0.05) is 13.2 Å². The maximum absolute atomic E-state index is 8.76. The van der Waals surface area contributed by atoms with Crippen LogP contribution < -0.4 is 0 Å². The minimum absolute atomic E-state index is 0.854. The van der Waals surface area contributed by atoms with Crippen molar-refractivity contribution >= 4 is 8.07 Å². The van der Waals surface area contributed by atoms with E-state index in [1.165, 1.54) is 5.06 Å². The minimum atomic E-state index is -1.04. The van der Waals surface area contributed by atoms with Crippen molar-refractivity contribution in [2.75, 3.05) is 13.2 Å². The Morgan fingerprint density at radius 1 is 1.38 bits per heavy atom. The quantitative estimate of drug-likeness (QED) is 0.452. The van der Waals surface area contributed by atoms with Crippen molar-refractivity contribution in [3.05, 3.63) is 0 Å². The van der Waals surface area contributed by atoms with Crippen molar-refractivity contribution in [3.8, 4) is 0 Å². The van der Waals surface area contributed by atoms with Gasteiger partial charge in [-0.3, -0.25) is 0 Å². The van der Waals surface area contributed by atoms with Crippen LogP contribution >= 0.6 is 0 Å². The molecule has 0 saturated heterocycles. The number of hydroxylamine groups is 2. The first-order valence-electron chi connectivity index (χ1n) is 2.82. The van der Waals surface area contributed by atoms with Crippen LogP contribution in [0.3, 0.4) is 0 Å². The Morgan fingerprint density at radius 3 is 1.75 bits per heavy atom. The summed E-state index contributed by atoms with van der Waals surface area (Å²) in [6.07, 6.45) is 0.854. The maximum Gasteiger partial charge on any atom is 0.0630 e. The summed E-state index contributed by atoms with van der Waals surface area (Å²) in [7, 11) is 0.648. The van der Waals surface area contributed by atoms with Gasteiger partial charge in [0.15, 0.2) is 0 Å². The van der Waals surface area contributed by atoms with Crippen LogP contribution in [0, 0.1) is 0 Å². The van der Waals surface area contributed by atoms with Crippen LogP contribution in [-0.4, -0.2) is 31.6 Å². The molecule has 0 aromatic rings. The number of hydrogen-bond donors (Lipinski definition) is 1. The average molecular weight is 133 g/mol. The Balaban J connectivity index is 3.39. The van der Waals surface area contributed by atoms with E-state index in [4.69, 9.17) is 5.21 Å². The fraction of sp³-hybridized carbons (Fsp3) is 1.00. The SMILES string of the molecule is CN(O)C[Si](C)(C)C. The molecule has 0 radical (unpaired) electrons. The van der Waals surface area contributed by atoms with E-state index >= 15 is 0 Å². The van der Waals surface area contributed by atoms with E-state index in [2.05, 4.69) is 19.6 Å². The predicted molar refractivity (Wildman–Crippen MR) is 37.8 cm³/mol. The third-order valence-electron chi connectivity index (χ3n) is 0.703. The molecule has 0 saturated carbocycles. The minimum Gasteiger partial charge on any atom is -0.315 e. The highest BCUT2D eigenvalue weighted by Crippen LogP contribution is 1.99. The zero-order chi connectivity index (χ0) is 6.78. The molecule has 0 amide bonds. The highest BCUT2D eigenvalue weighted by Gasteiger charge is 2.13. The molecule has 1 N–H and O–H groups in total. The molecular formula is C5H15NOSi. The lowest BCUT2D eigenvalue weighted by molar-refractivity contribution is -0.0485. The normalized spacial score (nSPS) is 12.8. The van der Waals surface area contributed by atoms with Gasteiger partial charge in [-0.25, -0.2) is 0 Å². The molecule has 0 aliphatic rings. The molecule has 8 heavy (non-hydrogen) atoms. The molecule has 0 unspecified atom stereocenters.